The van der Waals surface area contributed by atoms with E-state index >= 15 is 0 Å². The second kappa shape index (κ2) is 14.8. The second-order valence-electron chi connectivity index (χ2n) is 10.8. The van der Waals surface area contributed by atoms with Gasteiger partial charge in [0.25, 0.3) is 0 Å². The van der Waals surface area contributed by atoms with E-state index < -0.39 is 28.7 Å². The molecule has 224 valence electrons. The molecule has 1 saturated carbocycles. The van der Waals surface area contributed by atoms with Crippen molar-refractivity contribution in [3.8, 4) is 0 Å². The van der Waals surface area contributed by atoms with Crippen LogP contribution in [0.3, 0.4) is 0 Å². The lowest BCUT2D eigenvalue weighted by Crippen LogP contribution is -2.55. The minimum absolute atomic E-state index is 0.0577. The molecule has 1 atom stereocenters. The molecule has 0 radical (unpaired) electrons. The normalized spacial score (nSPS) is 14.8. The van der Waals surface area contributed by atoms with Gasteiger partial charge in [-0.2, -0.15) is 12.7 Å². The molecule has 3 aromatic carbocycles. The molecule has 8 nitrogen and oxygen atoms in total. The number of rotatable bonds is 12. The van der Waals surface area contributed by atoms with Crippen LogP contribution < -0.4 is 9.62 Å². The molecule has 0 saturated heterocycles. The minimum atomic E-state index is -4.02. The average Bonchev–Trinajstić information content (AvgIpc) is 2.99. The van der Waals surface area contributed by atoms with E-state index in [4.69, 9.17) is 0 Å². The van der Waals surface area contributed by atoms with Crippen molar-refractivity contribution >= 4 is 43.6 Å². The van der Waals surface area contributed by atoms with Crippen molar-refractivity contribution in [3.63, 3.8) is 0 Å². The lowest BCUT2D eigenvalue weighted by molar-refractivity contribution is -0.140. The fourth-order valence-electron chi connectivity index (χ4n) is 5.24. The van der Waals surface area contributed by atoms with Gasteiger partial charge in [0, 0.05) is 37.6 Å². The Labute approximate surface area is 258 Å². The molecule has 1 fully saturated rings. The van der Waals surface area contributed by atoms with Crippen LogP contribution in [0.5, 0.6) is 0 Å². The molecule has 0 aliphatic heterocycles. The number of nitrogens with zero attached hydrogens (tertiary/aromatic N) is 3. The van der Waals surface area contributed by atoms with Crippen LogP contribution >= 0.6 is 15.9 Å². The highest BCUT2D eigenvalue weighted by molar-refractivity contribution is 9.10. The van der Waals surface area contributed by atoms with E-state index in [0.29, 0.717) is 12.1 Å². The highest BCUT2D eigenvalue weighted by Crippen LogP contribution is 2.23. The van der Waals surface area contributed by atoms with E-state index in [2.05, 4.69) is 21.2 Å². The number of carbonyl (C=O) groups is 2. The van der Waals surface area contributed by atoms with Crippen LogP contribution in [0, 0.1) is 0 Å². The van der Waals surface area contributed by atoms with Crippen molar-refractivity contribution in [3.05, 3.63) is 101 Å². The molecule has 1 N–H and O–H groups in total. The summed E-state index contributed by atoms with van der Waals surface area (Å²) in [7, 11) is -1.15. The first-order valence-corrected chi connectivity index (χ1v) is 16.5. The van der Waals surface area contributed by atoms with Crippen LogP contribution in [0.2, 0.25) is 0 Å². The molecule has 0 aromatic heterocycles. The van der Waals surface area contributed by atoms with E-state index in [1.54, 1.807) is 30.3 Å². The SMILES string of the molecule is CN(C)S(=O)(=O)N(CC(=O)N(Cc1cccc(Br)c1)[C@H](Cc1ccccc1)C(=O)NC1CCCCC1)c1ccccc1. The molecule has 0 heterocycles. The van der Waals surface area contributed by atoms with Crippen LogP contribution in [0.25, 0.3) is 0 Å². The molecule has 0 bridgehead atoms. The molecule has 42 heavy (non-hydrogen) atoms. The lowest BCUT2D eigenvalue weighted by atomic mass is 9.94. The standard InChI is InChI=1S/C32H39BrN4O4S/c1-35(2)42(40,41)37(29-19-10-5-11-20-29)24-31(38)36(23-26-15-12-16-27(33)21-26)30(22-25-13-6-3-7-14-25)32(39)34-28-17-8-4-9-18-28/h3,5-7,10-16,19-21,28,30H,4,8-9,17-18,22-24H2,1-2H3,(H,34,39)/t30-/m1/s1. The van der Waals surface area contributed by atoms with E-state index in [-0.39, 0.29) is 18.5 Å². The number of halogens is 1. The molecule has 0 unspecified atom stereocenters. The number of amides is 2. The molecular formula is C32H39BrN4O4S. The predicted octanol–water partition coefficient (Wildman–Crippen LogP) is 5.15. The third-order valence-corrected chi connectivity index (χ3v) is 9.84. The largest absolute Gasteiger partial charge is 0.352 e. The van der Waals surface area contributed by atoms with Crippen LogP contribution in [0.15, 0.2) is 89.4 Å². The minimum Gasteiger partial charge on any atom is -0.352 e. The van der Waals surface area contributed by atoms with Crippen molar-refractivity contribution in [2.75, 3.05) is 24.9 Å². The maximum Gasteiger partial charge on any atom is 0.304 e. The summed E-state index contributed by atoms with van der Waals surface area (Å²) in [5, 5.41) is 3.22. The molecule has 2 amide bonds. The second-order valence-corrected chi connectivity index (χ2v) is 13.8. The summed E-state index contributed by atoms with van der Waals surface area (Å²) in [4.78, 5) is 29.9. The van der Waals surface area contributed by atoms with Gasteiger partial charge in [0.05, 0.1) is 5.69 Å². The summed E-state index contributed by atoms with van der Waals surface area (Å²) in [6.07, 6.45) is 5.39. The fourth-order valence-corrected chi connectivity index (χ4v) is 6.74. The summed E-state index contributed by atoms with van der Waals surface area (Å²) in [6.45, 7) is -0.320. The summed E-state index contributed by atoms with van der Waals surface area (Å²) in [5.41, 5.74) is 2.10. The Balaban J connectivity index is 1.74. The molecule has 3 aromatic rings. The predicted molar refractivity (Wildman–Crippen MR) is 170 cm³/mol. The fraction of sp³-hybridized carbons (Fsp3) is 0.375. The number of anilines is 1. The van der Waals surface area contributed by atoms with Gasteiger partial charge in [-0.1, -0.05) is 95.9 Å². The maximum atomic E-state index is 14.3. The van der Waals surface area contributed by atoms with Gasteiger partial charge in [0.15, 0.2) is 0 Å². The van der Waals surface area contributed by atoms with Crippen LogP contribution in [-0.4, -0.2) is 62.2 Å². The van der Waals surface area contributed by atoms with Gasteiger partial charge in [0.1, 0.15) is 12.6 Å². The first kappa shape index (κ1) is 31.7. The number of para-hydroxylation sites is 1. The maximum absolute atomic E-state index is 14.3. The quantitative estimate of drug-likeness (QED) is 0.293. The van der Waals surface area contributed by atoms with Crippen molar-refractivity contribution < 1.29 is 18.0 Å². The van der Waals surface area contributed by atoms with E-state index in [9.17, 15) is 18.0 Å². The molecule has 1 aliphatic carbocycles. The zero-order valence-corrected chi connectivity index (χ0v) is 26.6. The summed E-state index contributed by atoms with van der Waals surface area (Å²) < 4.78 is 29.9. The summed E-state index contributed by atoms with van der Waals surface area (Å²) in [6, 6.07) is 25.0. The van der Waals surface area contributed by atoms with Crippen LogP contribution in [-0.2, 0) is 32.8 Å². The number of hydrogen-bond acceptors (Lipinski definition) is 4. The van der Waals surface area contributed by atoms with Crippen molar-refractivity contribution in [2.45, 2.75) is 57.2 Å². The Hall–Kier alpha value is -3.21. The molecule has 4 rings (SSSR count). The smallest absolute Gasteiger partial charge is 0.304 e. The van der Waals surface area contributed by atoms with Gasteiger partial charge >= 0.3 is 10.2 Å². The zero-order chi connectivity index (χ0) is 30.1. The van der Waals surface area contributed by atoms with Crippen molar-refractivity contribution in [1.29, 1.82) is 0 Å². The Morgan fingerprint density at radius 1 is 0.881 bits per heavy atom. The van der Waals surface area contributed by atoms with Crippen LogP contribution in [0.4, 0.5) is 5.69 Å². The Morgan fingerprint density at radius 2 is 1.50 bits per heavy atom. The van der Waals surface area contributed by atoms with Crippen LogP contribution in [0.1, 0.15) is 43.2 Å². The first-order valence-electron chi connectivity index (χ1n) is 14.3. The van der Waals surface area contributed by atoms with E-state index in [1.807, 2.05) is 54.6 Å². The monoisotopic (exact) mass is 654 g/mol. The number of nitrogens with one attached hydrogen (secondary N) is 1. The van der Waals surface area contributed by atoms with E-state index in [0.717, 1.165) is 56.3 Å². The third-order valence-electron chi connectivity index (χ3n) is 7.53. The Kier molecular flexibility index (Phi) is 11.2. The zero-order valence-electron chi connectivity index (χ0n) is 24.2. The Bertz CT molecular complexity index is 1430. The topological polar surface area (TPSA) is 90.0 Å². The first-order chi connectivity index (χ1) is 20.1. The average molecular weight is 656 g/mol. The van der Waals surface area contributed by atoms with Gasteiger partial charge < -0.3 is 10.2 Å². The van der Waals surface area contributed by atoms with Gasteiger partial charge in [-0.05, 0) is 48.2 Å². The molecule has 0 spiro atoms. The number of hydrogen-bond donors (Lipinski definition) is 1. The van der Waals surface area contributed by atoms with Crippen molar-refractivity contribution in [1.82, 2.24) is 14.5 Å². The van der Waals surface area contributed by atoms with Gasteiger partial charge in [-0.25, -0.2) is 4.31 Å². The van der Waals surface area contributed by atoms with Gasteiger partial charge in [0.2, 0.25) is 11.8 Å². The molecule has 10 heteroatoms. The summed E-state index contributed by atoms with van der Waals surface area (Å²) >= 11 is 3.51. The summed E-state index contributed by atoms with van der Waals surface area (Å²) in [5.74, 6) is -0.695. The lowest BCUT2D eigenvalue weighted by Gasteiger charge is -2.35. The van der Waals surface area contributed by atoms with E-state index in [1.165, 1.54) is 19.0 Å². The van der Waals surface area contributed by atoms with Crippen molar-refractivity contribution in [2.24, 2.45) is 0 Å². The highest BCUT2D eigenvalue weighted by Gasteiger charge is 2.35. The molecule has 1 aliphatic rings. The number of carbonyl (C=O) groups excluding carboxylic acids is 2. The van der Waals surface area contributed by atoms with Gasteiger partial charge in [-0.3, -0.25) is 9.59 Å². The Morgan fingerprint density at radius 3 is 2.12 bits per heavy atom. The number of benzene rings is 3. The van der Waals surface area contributed by atoms with Gasteiger partial charge in [-0.15, -0.1) is 0 Å². The highest BCUT2D eigenvalue weighted by atomic mass is 79.9. The third kappa shape index (κ3) is 8.42. The molecular weight excluding hydrogens is 616 g/mol.